The second-order valence-corrected chi connectivity index (χ2v) is 9.63. The third kappa shape index (κ3) is 12.8. The molecule has 0 aromatic rings. The Morgan fingerprint density at radius 3 is 2.17 bits per heavy atom. The lowest BCUT2D eigenvalue weighted by Gasteiger charge is -2.32. The van der Waals surface area contributed by atoms with Crippen LogP contribution in [-0.4, -0.2) is 29.2 Å². The van der Waals surface area contributed by atoms with E-state index in [1.165, 1.54) is 44.9 Å². The number of carboxylic acid groups (broad SMARTS) is 1. The van der Waals surface area contributed by atoms with Gasteiger partial charge in [0.25, 0.3) is 0 Å². The zero-order chi connectivity index (χ0) is 21.5. The Morgan fingerprint density at radius 2 is 1.59 bits per heavy atom. The van der Waals surface area contributed by atoms with Crippen molar-refractivity contribution in [2.45, 2.75) is 123 Å². The average Bonchev–Trinajstić information content (AvgIpc) is 2.80. The molecule has 0 spiro atoms. The van der Waals surface area contributed by atoms with Gasteiger partial charge in [-0.3, -0.25) is 4.79 Å². The van der Waals surface area contributed by atoms with E-state index in [2.05, 4.69) is 31.4 Å². The fourth-order valence-corrected chi connectivity index (χ4v) is 4.66. The molecule has 170 valence electrons. The molecular formula is C24H46N2O3. The predicted octanol–water partition coefficient (Wildman–Crippen LogP) is 6.27. The van der Waals surface area contributed by atoms with Gasteiger partial charge in [-0.05, 0) is 57.3 Å². The van der Waals surface area contributed by atoms with Crippen molar-refractivity contribution in [1.29, 1.82) is 0 Å². The lowest BCUT2D eigenvalue weighted by Crippen LogP contribution is -2.50. The number of rotatable bonds is 14. The molecule has 3 N–H and O–H groups in total. The summed E-state index contributed by atoms with van der Waals surface area (Å²) in [4.78, 5) is 22.8. The molecule has 3 atom stereocenters. The Labute approximate surface area is 178 Å². The maximum Gasteiger partial charge on any atom is 0.315 e. The van der Waals surface area contributed by atoms with Crippen LogP contribution in [0, 0.1) is 11.8 Å². The third-order valence-corrected chi connectivity index (χ3v) is 6.51. The van der Waals surface area contributed by atoms with Gasteiger partial charge in [0.15, 0.2) is 0 Å². The van der Waals surface area contributed by atoms with Gasteiger partial charge in [0.05, 0.1) is 0 Å². The Balaban J connectivity index is 2.03. The van der Waals surface area contributed by atoms with Crippen molar-refractivity contribution < 1.29 is 14.7 Å². The van der Waals surface area contributed by atoms with Crippen molar-refractivity contribution >= 4 is 12.0 Å². The Hall–Kier alpha value is -1.26. The highest BCUT2D eigenvalue weighted by molar-refractivity contribution is 5.74. The summed E-state index contributed by atoms with van der Waals surface area (Å²) in [5.41, 5.74) is -0.0695. The highest BCUT2D eigenvalue weighted by Gasteiger charge is 2.33. The number of nitrogens with one attached hydrogen (secondary N) is 2. The number of carboxylic acids is 1. The van der Waals surface area contributed by atoms with Crippen LogP contribution in [0.15, 0.2) is 0 Å². The maximum atomic E-state index is 12.3. The standard InChI is InChI=1S/C24H46N2O3/c1-4-21-18-20(2)15-16-24(3,19-21)26-23(29)25-17-13-11-9-7-5-6-8-10-12-14-22(27)28/h20-21H,4-19H2,1-3H3,(H,27,28)(H2,25,26,29). The second-order valence-electron chi connectivity index (χ2n) is 9.63. The van der Waals surface area contributed by atoms with Crippen molar-refractivity contribution in [2.75, 3.05) is 6.54 Å². The topological polar surface area (TPSA) is 78.4 Å². The maximum absolute atomic E-state index is 12.3. The summed E-state index contributed by atoms with van der Waals surface area (Å²) in [5.74, 6) is 0.793. The van der Waals surface area contributed by atoms with Crippen LogP contribution in [0.2, 0.25) is 0 Å². The number of carbonyl (C=O) groups excluding carboxylic acids is 1. The van der Waals surface area contributed by atoms with E-state index in [1.807, 2.05) is 0 Å². The molecule has 0 saturated heterocycles. The molecule has 0 bridgehead atoms. The SMILES string of the molecule is CCC1CC(C)CCC(C)(NC(=O)NCCCCCCCCCCCC(=O)O)C1. The number of aliphatic carboxylic acids is 1. The molecule has 2 amide bonds. The second kappa shape index (κ2) is 14.7. The van der Waals surface area contributed by atoms with Crippen molar-refractivity contribution in [3.63, 3.8) is 0 Å². The summed E-state index contributed by atoms with van der Waals surface area (Å²) in [6, 6.07) is -0.00160. The molecule has 0 radical (unpaired) electrons. The molecule has 1 saturated carbocycles. The highest BCUT2D eigenvalue weighted by Crippen LogP contribution is 2.35. The van der Waals surface area contributed by atoms with E-state index in [0.717, 1.165) is 63.3 Å². The van der Waals surface area contributed by atoms with E-state index >= 15 is 0 Å². The van der Waals surface area contributed by atoms with E-state index in [0.29, 0.717) is 6.42 Å². The van der Waals surface area contributed by atoms with E-state index in [9.17, 15) is 9.59 Å². The van der Waals surface area contributed by atoms with Gasteiger partial charge >= 0.3 is 12.0 Å². The average molecular weight is 411 g/mol. The van der Waals surface area contributed by atoms with Crippen molar-refractivity contribution in [2.24, 2.45) is 11.8 Å². The van der Waals surface area contributed by atoms with Gasteiger partial charge in [-0.1, -0.05) is 65.2 Å². The number of unbranched alkanes of at least 4 members (excludes halogenated alkanes) is 8. The first-order chi connectivity index (χ1) is 13.8. The largest absolute Gasteiger partial charge is 0.481 e. The summed E-state index contributed by atoms with van der Waals surface area (Å²) in [5, 5.41) is 14.9. The zero-order valence-electron chi connectivity index (χ0n) is 19.2. The molecule has 1 rings (SSSR count). The molecule has 1 aliphatic carbocycles. The lowest BCUT2D eigenvalue weighted by molar-refractivity contribution is -0.137. The smallest absolute Gasteiger partial charge is 0.315 e. The first-order valence-electron chi connectivity index (χ1n) is 12.1. The molecule has 5 heteroatoms. The molecule has 1 aliphatic rings. The summed E-state index contributed by atoms with van der Waals surface area (Å²) in [7, 11) is 0. The van der Waals surface area contributed by atoms with Gasteiger partial charge < -0.3 is 15.7 Å². The van der Waals surface area contributed by atoms with E-state index in [4.69, 9.17) is 5.11 Å². The molecule has 5 nitrogen and oxygen atoms in total. The lowest BCUT2D eigenvalue weighted by atomic mass is 9.86. The molecule has 29 heavy (non-hydrogen) atoms. The van der Waals surface area contributed by atoms with Crippen molar-refractivity contribution in [3.8, 4) is 0 Å². The molecule has 0 aromatic heterocycles. The van der Waals surface area contributed by atoms with Crippen LogP contribution >= 0.6 is 0 Å². The van der Waals surface area contributed by atoms with Crippen molar-refractivity contribution in [3.05, 3.63) is 0 Å². The Bertz CT molecular complexity index is 469. The Morgan fingerprint density at radius 1 is 1.00 bits per heavy atom. The number of urea groups is 1. The number of hydrogen-bond acceptors (Lipinski definition) is 2. The Kier molecular flexibility index (Phi) is 13.0. The monoisotopic (exact) mass is 410 g/mol. The zero-order valence-corrected chi connectivity index (χ0v) is 19.2. The van der Waals surface area contributed by atoms with Crippen LogP contribution in [-0.2, 0) is 4.79 Å². The first kappa shape index (κ1) is 25.8. The molecule has 0 aromatic carbocycles. The molecule has 3 unspecified atom stereocenters. The minimum atomic E-state index is -0.685. The molecule has 0 heterocycles. The predicted molar refractivity (Wildman–Crippen MR) is 120 cm³/mol. The van der Waals surface area contributed by atoms with Gasteiger partial charge in [-0.25, -0.2) is 4.79 Å². The highest BCUT2D eigenvalue weighted by atomic mass is 16.4. The van der Waals surface area contributed by atoms with E-state index in [1.54, 1.807) is 0 Å². The summed E-state index contributed by atoms with van der Waals surface area (Å²) >= 11 is 0. The summed E-state index contributed by atoms with van der Waals surface area (Å²) < 4.78 is 0. The molecule has 0 aliphatic heterocycles. The number of carbonyl (C=O) groups is 2. The van der Waals surface area contributed by atoms with Crippen LogP contribution in [0.25, 0.3) is 0 Å². The van der Waals surface area contributed by atoms with Crippen LogP contribution in [0.4, 0.5) is 4.79 Å². The third-order valence-electron chi connectivity index (χ3n) is 6.51. The summed E-state index contributed by atoms with van der Waals surface area (Å²) in [6.45, 7) is 7.58. The normalized spacial score (nSPS) is 24.7. The van der Waals surface area contributed by atoms with Crippen LogP contribution in [0.1, 0.15) is 117 Å². The van der Waals surface area contributed by atoms with Crippen LogP contribution < -0.4 is 10.6 Å². The fraction of sp³-hybridized carbons (Fsp3) is 0.917. The van der Waals surface area contributed by atoms with Gasteiger partial charge in [0, 0.05) is 18.5 Å². The summed E-state index contributed by atoms with van der Waals surface area (Å²) in [6.07, 6.45) is 16.2. The minimum absolute atomic E-state index is 0.00160. The number of amides is 2. The minimum Gasteiger partial charge on any atom is -0.481 e. The quantitative estimate of drug-likeness (QED) is 0.233. The van der Waals surface area contributed by atoms with E-state index in [-0.39, 0.29) is 11.6 Å². The first-order valence-corrected chi connectivity index (χ1v) is 12.1. The number of hydrogen-bond donors (Lipinski definition) is 3. The molecule has 1 fully saturated rings. The van der Waals surface area contributed by atoms with Crippen LogP contribution in [0.3, 0.4) is 0 Å². The van der Waals surface area contributed by atoms with Gasteiger partial charge in [0.2, 0.25) is 0 Å². The van der Waals surface area contributed by atoms with Crippen LogP contribution in [0.5, 0.6) is 0 Å². The van der Waals surface area contributed by atoms with E-state index < -0.39 is 5.97 Å². The van der Waals surface area contributed by atoms with Gasteiger partial charge in [-0.15, -0.1) is 0 Å². The van der Waals surface area contributed by atoms with Gasteiger partial charge in [-0.2, -0.15) is 0 Å². The van der Waals surface area contributed by atoms with Gasteiger partial charge in [0.1, 0.15) is 0 Å². The fourth-order valence-electron chi connectivity index (χ4n) is 4.66. The molecular weight excluding hydrogens is 364 g/mol. The van der Waals surface area contributed by atoms with Crippen molar-refractivity contribution in [1.82, 2.24) is 10.6 Å².